The van der Waals surface area contributed by atoms with E-state index in [1.54, 1.807) is 0 Å². The molecule has 1 N–H and O–H groups in total. The van der Waals surface area contributed by atoms with Crippen molar-refractivity contribution in [3.05, 3.63) is 18.2 Å². The van der Waals surface area contributed by atoms with Crippen LogP contribution in [-0.4, -0.2) is 34.7 Å². The molecule has 0 fully saturated rings. The lowest BCUT2D eigenvalue weighted by atomic mass is 9.95. The number of amides is 1. The van der Waals surface area contributed by atoms with E-state index in [2.05, 4.69) is 14.9 Å². The van der Waals surface area contributed by atoms with E-state index in [0.29, 0.717) is 13.2 Å². The van der Waals surface area contributed by atoms with Crippen LogP contribution in [0.1, 0.15) is 32.4 Å². The van der Waals surface area contributed by atoms with Crippen LogP contribution in [0, 0.1) is 5.92 Å². The van der Waals surface area contributed by atoms with Gasteiger partial charge in [-0.2, -0.15) is 0 Å². The predicted molar refractivity (Wildman–Crippen MR) is 72.8 cm³/mol. The number of rotatable bonds is 6. The molecule has 106 valence electrons. The van der Waals surface area contributed by atoms with Crippen LogP contribution in [0.3, 0.4) is 0 Å². The first-order chi connectivity index (χ1) is 9.16. The average molecular weight is 265 g/mol. The van der Waals surface area contributed by atoms with Gasteiger partial charge in [-0.05, 0) is 26.7 Å². The van der Waals surface area contributed by atoms with Gasteiger partial charge in [0.05, 0.1) is 12.4 Å². The highest BCUT2D eigenvalue weighted by atomic mass is 16.5. The smallest absolute Gasteiger partial charge is 0.223 e. The van der Waals surface area contributed by atoms with E-state index in [0.717, 1.165) is 31.5 Å². The van der Waals surface area contributed by atoms with E-state index in [1.165, 1.54) is 0 Å². The molecular weight excluding hydrogens is 242 g/mol. The third-order valence-corrected chi connectivity index (χ3v) is 3.41. The first kappa shape index (κ1) is 14.1. The van der Waals surface area contributed by atoms with Crippen LogP contribution in [0.5, 0.6) is 0 Å². The molecule has 2 rings (SSSR count). The monoisotopic (exact) mass is 265 g/mol. The van der Waals surface area contributed by atoms with Crippen LogP contribution in [-0.2, 0) is 22.5 Å². The number of hydrogen-bond acceptors (Lipinski definition) is 3. The molecule has 5 heteroatoms. The standard InChI is InChI=1S/C14H23N3O2/c1-11(2)19-7-3-5-16-14(18)12-4-6-17-10-15-9-13(17)8-12/h9-12H,3-8H2,1-2H3,(H,16,18). The number of aromatic nitrogens is 2. The molecule has 1 amide bonds. The van der Waals surface area contributed by atoms with Crippen LogP contribution in [0.15, 0.2) is 12.5 Å². The molecule has 1 aliphatic rings. The van der Waals surface area contributed by atoms with Crippen LogP contribution < -0.4 is 5.32 Å². The van der Waals surface area contributed by atoms with Crippen molar-refractivity contribution in [3.63, 3.8) is 0 Å². The molecule has 1 aromatic rings. The highest BCUT2D eigenvalue weighted by Crippen LogP contribution is 2.19. The Hall–Kier alpha value is -1.36. The van der Waals surface area contributed by atoms with Gasteiger partial charge in [0.25, 0.3) is 0 Å². The molecule has 1 aliphatic heterocycles. The summed E-state index contributed by atoms with van der Waals surface area (Å²) >= 11 is 0. The molecule has 1 atom stereocenters. The Morgan fingerprint density at radius 3 is 3.26 bits per heavy atom. The minimum Gasteiger partial charge on any atom is -0.379 e. The second-order valence-corrected chi connectivity index (χ2v) is 5.33. The van der Waals surface area contributed by atoms with Gasteiger partial charge in [-0.3, -0.25) is 4.79 Å². The van der Waals surface area contributed by atoms with Gasteiger partial charge in [-0.25, -0.2) is 4.98 Å². The second-order valence-electron chi connectivity index (χ2n) is 5.33. The van der Waals surface area contributed by atoms with Gasteiger partial charge in [-0.1, -0.05) is 0 Å². The van der Waals surface area contributed by atoms with Crippen LogP contribution in [0.25, 0.3) is 0 Å². The molecule has 0 saturated carbocycles. The molecule has 0 aromatic carbocycles. The molecule has 0 saturated heterocycles. The molecule has 2 heterocycles. The zero-order chi connectivity index (χ0) is 13.7. The summed E-state index contributed by atoms with van der Waals surface area (Å²) in [5.41, 5.74) is 1.16. The largest absolute Gasteiger partial charge is 0.379 e. The molecule has 0 aliphatic carbocycles. The van der Waals surface area contributed by atoms with Gasteiger partial charge in [0.2, 0.25) is 5.91 Å². The molecule has 0 spiro atoms. The van der Waals surface area contributed by atoms with Gasteiger partial charge in [0.15, 0.2) is 0 Å². The molecule has 19 heavy (non-hydrogen) atoms. The zero-order valence-electron chi connectivity index (χ0n) is 11.8. The topological polar surface area (TPSA) is 56.1 Å². The zero-order valence-corrected chi connectivity index (χ0v) is 11.8. The Labute approximate surface area is 114 Å². The summed E-state index contributed by atoms with van der Waals surface area (Å²) in [6.07, 6.45) is 6.53. The van der Waals surface area contributed by atoms with E-state index < -0.39 is 0 Å². The number of aryl methyl sites for hydroxylation is 1. The summed E-state index contributed by atoms with van der Waals surface area (Å²) in [7, 11) is 0. The first-order valence-corrected chi connectivity index (χ1v) is 7.05. The highest BCUT2D eigenvalue weighted by Gasteiger charge is 2.24. The number of fused-ring (bicyclic) bond motifs is 1. The van der Waals surface area contributed by atoms with Gasteiger partial charge in [-0.15, -0.1) is 0 Å². The maximum atomic E-state index is 12.0. The quantitative estimate of drug-likeness (QED) is 0.791. The van der Waals surface area contributed by atoms with Gasteiger partial charge in [0.1, 0.15) is 0 Å². The first-order valence-electron chi connectivity index (χ1n) is 7.05. The number of carbonyl (C=O) groups excluding carboxylic acids is 1. The Balaban J connectivity index is 1.67. The highest BCUT2D eigenvalue weighted by molar-refractivity contribution is 5.78. The Morgan fingerprint density at radius 1 is 1.63 bits per heavy atom. The van der Waals surface area contributed by atoms with Crippen LogP contribution >= 0.6 is 0 Å². The summed E-state index contributed by atoms with van der Waals surface area (Å²) in [5.74, 6) is 0.257. The molecular formula is C14H23N3O2. The maximum absolute atomic E-state index is 12.0. The number of hydrogen-bond donors (Lipinski definition) is 1. The fourth-order valence-corrected chi connectivity index (χ4v) is 2.34. The fraction of sp³-hybridized carbons (Fsp3) is 0.714. The summed E-state index contributed by atoms with van der Waals surface area (Å²) in [6.45, 7) is 6.33. The normalized spacial score (nSPS) is 18.4. The molecule has 1 aromatic heterocycles. The summed E-state index contributed by atoms with van der Waals surface area (Å²) < 4.78 is 7.57. The van der Waals surface area contributed by atoms with E-state index in [1.807, 2.05) is 26.4 Å². The van der Waals surface area contributed by atoms with Crippen LogP contribution in [0.4, 0.5) is 0 Å². The third kappa shape index (κ3) is 4.06. The molecule has 0 radical (unpaired) electrons. The van der Waals surface area contributed by atoms with Crippen molar-refractivity contribution in [3.8, 4) is 0 Å². The Morgan fingerprint density at radius 2 is 2.47 bits per heavy atom. The van der Waals surface area contributed by atoms with Gasteiger partial charge >= 0.3 is 0 Å². The van der Waals surface area contributed by atoms with Gasteiger partial charge < -0.3 is 14.6 Å². The van der Waals surface area contributed by atoms with Gasteiger partial charge in [0, 0.05) is 43.9 Å². The van der Waals surface area contributed by atoms with Crippen molar-refractivity contribution in [1.82, 2.24) is 14.9 Å². The van der Waals surface area contributed by atoms with Crippen molar-refractivity contribution < 1.29 is 9.53 Å². The third-order valence-electron chi connectivity index (χ3n) is 3.41. The van der Waals surface area contributed by atoms with E-state index >= 15 is 0 Å². The number of carbonyl (C=O) groups is 1. The summed E-state index contributed by atoms with van der Waals surface area (Å²) in [6, 6.07) is 0. The van der Waals surface area contributed by atoms with Crippen molar-refractivity contribution >= 4 is 5.91 Å². The summed E-state index contributed by atoms with van der Waals surface area (Å²) in [5, 5.41) is 3.00. The average Bonchev–Trinajstić information content (AvgIpc) is 2.84. The Bertz CT molecular complexity index is 415. The number of imidazole rings is 1. The fourth-order valence-electron chi connectivity index (χ4n) is 2.34. The van der Waals surface area contributed by atoms with E-state index in [-0.39, 0.29) is 17.9 Å². The van der Waals surface area contributed by atoms with Crippen molar-refractivity contribution in [2.24, 2.45) is 5.92 Å². The van der Waals surface area contributed by atoms with Crippen molar-refractivity contribution in [2.45, 2.75) is 45.8 Å². The van der Waals surface area contributed by atoms with Crippen molar-refractivity contribution in [1.29, 1.82) is 0 Å². The lowest BCUT2D eigenvalue weighted by Gasteiger charge is -2.23. The second kappa shape index (κ2) is 6.70. The Kier molecular flexibility index (Phi) is 4.96. The number of ether oxygens (including phenoxy) is 1. The van der Waals surface area contributed by atoms with Crippen molar-refractivity contribution in [2.75, 3.05) is 13.2 Å². The van der Waals surface area contributed by atoms with E-state index in [9.17, 15) is 4.79 Å². The SMILES string of the molecule is CC(C)OCCCNC(=O)C1CCn2cncc2C1. The molecule has 5 nitrogen and oxygen atoms in total. The minimum absolute atomic E-state index is 0.0928. The lowest BCUT2D eigenvalue weighted by molar-refractivity contribution is -0.125. The predicted octanol–water partition coefficient (Wildman–Crippen LogP) is 1.38. The van der Waals surface area contributed by atoms with Crippen LogP contribution in [0.2, 0.25) is 0 Å². The molecule has 0 bridgehead atoms. The summed E-state index contributed by atoms with van der Waals surface area (Å²) in [4.78, 5) is 16.2. The number of nitrogens with one attached hydrogen (secondary N) is 1. The minimum atomic E-state index is 0.0928. The molecule has 1 unspecified atom stereocenters. The lowest BCUT2D eigenvalue weighted by Crippen LogP contribution is -2.36. The number of nitrogens with zero attached hydrogens (tertiary/aromatic N) is 2. The van der Waals surface area contributed by atoms with E-state index in [4.69, 9.17) is 4.74 Å². The maximum Gasteiger partial charge on any atom is 0.223 e.